The Morgan fingerprint density at radius 1 is 1.00 bits per heavy atom. The number of nitrogens with zero attached hydrogens (tertiary/aromatic N) is 3. The van der Waals surface area contributed by atoms with E-state index in [4.69, 9.17) is 0 Å². The molecule has 1 aliphatic heterocycles. The number of carbonyl (C=O) groups is 1. The van der Waals surface area contributed by atoms with Gasteiger partial charge in [0.15, 0.2) is 5.41 Å². The van der Waals surface area contributed by atoms with E-state index in [1.165, 1.54) is 6.08 Å². The highest BCUT2D eigenvalue weighted by molar-refractivity contribution is 6.09. The van der Waals surface area contributed by atoms with E-state index in [-0.39, 0.29) is 18.7 Å². The van der Waals surface area contributed by atoms with Crippen molar-refractivity contribution < 1.29 is 4.79 Å². The van der Waals surface area contributed by atoms with Gasteiger partial charge in [0.1, 0.15) is 5.41 Å². The van der Waals surface area contributed by atoms with Crippen LogP contribution in [0.1, 0.15) is 24.0 Å². The Bertz CT molecular complexity index is 983. The second kappa shape index (κ2) is 7.55. The molecule has 4 nitrogen and oxygen atoms in total. The maximum Gasteiger partial charge on any atom is 0.241 e. The first-order valence-electron chi connectivity index (χ1n) is 9.10. The van der Waals surface area contributed by atoms with Gasteiger partial charge in [0.25, 0.3) is 0 Å². The number of benzene rings is 2. The Balaban J connectivity index is 2.25. The summed E-state index contributed by atoms with van der Waals surface area (Å²) in [7, 11) is 0. The van der Waals surface area contributed by atoms with E-state index < -0.39 is 10.8 Å². The summed E-state index contributed by atoms with van der Waals surface area (Å²) in [6, 6.07) is 21.4. The molecule has 0 aromatic heterocycles. The highest BCUT2D eigenvalue weighted by Crippen LogP contribution is 2.55. The van der Waals surface area contributed by atoms with Crippen LogP contribution in [0.15, 0.2) is 79.9 Å². The fraction of sp³-hybridized carbons (Fsp3) is 0.208. The lowest BCUT2D eigenvalue weighted by Crippen LogP contribution is -2.51. The van der Waals surface area contributed by atoms with Crippen LogP contribution in [-0.4, -0.2) is 5.91 Å². The number of nitriles is 2. The van der Waals surface area contributed by atoms with Crippen molar-refractivity contribution in [1.82, 2.24) is 0 Å². The maximum absolute atomic E-state index is 13.9. The first-order chi connectivity index (χ1) is 13.6. The minimum Gasteiger partial charge on any atom is -0.307 e. The van der Waals surface area contributed by atoms with Gasteiger partial charge in [-0.2, -0.15) is 10.5 Å². The van der Waals surface area contributed by atoms with Crippen LogP contribution in [0, 0.1) is 28.1 Å². The number of para-hydroxylation sites is 1. The lowest BCUT2D eigenvalue weighted by molar-refractivity contribution is -0.125. The highest BCUT2D eigenvalue weighted by Gasteiger charge is 2.63. The molecule has 0 spiro atoms. The van der Waals surface area contributed by atoms with Crippen LogP contribution >= 0.6 is 0 Å². The molecule has 0 saturated carbocycles. The number of carbonyl (C=O) groups excluding carboxylic acids is 1. The van der Waals surface area contributed by atoms with Crippen molar-refractivity contribution >= 4 is 11.6 Å². The molecular formula is C24H21N3O. The highest BCUT2D eigenvalue weighted by atomic mass is 16.2. The quantitative estimate of drug-likeness (QED) is 0.669. The average molecular weight is 367 g/mol. The predicted octanol–water partition coefficient (Wildman–Crippen LogP) is 4.66. The molecule has 1 atom stereocenters. The molecule has 0 bridgehead atoms. The average Bonchev–Trinajstić information content (AvgIpc) is 2.97. The Hall–Kier alpha value is -3.63. The molecule has 138 valence electrons. The molecule has 2 aromatic rings. The molecule has 0 N–H and O–H groups in total. The van der Waals surface area contributed by atoms with E-state index >= 15 is 0 Å². The van der Waals surface area contributed by atoms with E-state index in [0.717, 1.165) is 11.3 Å². The predicted molar refractivity (Wildman–Crippen MR) is 109 cm³/mol. The monoisotopic (exact) mass is 367 g/mol. The molecule has 1 amide bonds. The third kappa shape index (κ3) is 2.63. The molecular weight excluding hydrogens is 346 g/mol. The summed E-state index contributed by atoms with van der Waals surface area (Å²) in [5.74, 6) is -0.248. The van der Waals surface area contributed by atoms with Crippen molar-refractivity contribution in [3.05, 3.63) is 91.0 Å². The van der Waals surface area contributed by atoms with E-state index in [1.807, 2.05) is 54.6 Å². The molecule has 2 aromatic carbocycles. The van der Waals surface area contributed by atoms with Gasteiger partial charge in [0, 0.05) is 5.69 Å². The maximum atomic E-state index is 13.9. The van der Waals surface area contributed by atoms with Crippen molar-refractivity contribution in [2.45, 2.75) is 24.8 Å². The number of hydrogen-bond donors (Lipinski definition) is 0. The minimum atomic E-state index is -1.57. The summed E-state index contributed by atoms with van der Waals surface area (Å²) >= 11 is 0. The minimum absolute atomic E-state index is 0.0904. The zero-order valence-corrected chi connectivity index (χ0v) is 15.6. The van der Waals surface area contributed by atoms with Crippen molar-refractivity contribution in [3.8, 4) is 12.1 Å². The van der Waals surface area contributed by atoms with Crippen LogP contribution in [-0.2, 0) is 16.8 Å². The molecule has 3 rings (SSSR count). The van der Waals surface area contributed by atoms with E-state index in [2.05, 4.69) is 25.3 Å². The number of fused-ring (bicyclic) bond motifs is 1. The van der Waals surface area contributed by atoms with Crippen LogP contribution in [0.5, 0.6) is 0 Å². The van der Waals surface area contributed by atoms with Gasteiger partial charge >= 0.3 is 0 Å². The molecule has 1 aliphatic rings. The van der Waals surface area contributed by atoms with Crippen LogP contribution in [0.25, 0.3) is 0 Å². The zero-order valence-electron chi connectivity index (χ0n) is 15.6. The van der Waals surface area contributed by atoms with Crippen molar-refractivity contribution in [2.24, 2.45) is 5.41 Å². The number of hydrogen-bond acceptors (Lipinski definition) is 3. The van der Waals surface area contributed by atoms with Crippen LogP contribution in [0.3, 0.4) is 0 Å². The first kappa shape index (κ1) is 19.1. The third-order valence-corrected chi connectivity index (χ3v) is 5.46. The summed E-state index contributed by atoms with van der Waals surface area (Å²) in [5.41, 5.74) is -0.486. The Morgan fingerprint density at radius 3 is 2.25 bits per heavy atom. The second-order valence-electron chi connectivity index (χ2n) is 6.91. The molecule has 4 heteroatoms. The number of allylic oxidation sites excluding steroid dienone is 2. The normalized spacial score (nSPS) is 18.1. The standard InChI is InChI=1S/C24H21N3O/c1-3-14-23(17-25,18-26)24(15-4-2)20-12-8-9-13-21(20)27(22(24)28)16-19-10-6-5-7-11-19/h3-13H,1-2,14-16H2. The lowest BCUT2D eigenvalue weighted by atomic mass is 9.58. The third-order valence-electron chi connectivity index (χ3n) is 5.46. The van der Waals surface area contributed by atoms with Gasteiger partial charge in [-0.25, -0.2) is 0 Å². The number of amides is 1. The molecule has 1 heterocycles. The Morgan fingerprint density at radius 2 is 1.64 bits per heavy atom. The largest absolute Gasteiger partial charge is 0.307 e. The molecule has 1 unspecified atom stereocenters. The van der Waals surface area contributed by atoms with Crippen molar-refractivity contribution in [2.75, 3.05) is 4.90 Å². The molecule has 0 aliphatic carbocycles. The van der Waals surface area contributed by atoms with Crippen LogP contribution < -0.4 is 4.90 Å². The molecule has 0 fully saturated rings. The lowest BCUT2D eigenvalue weighted by Gasteiger charge is -2.37. The molecule has 0 radical (unpaired) electrons. The van der Waals surface area contributed by atoms with Gasteiger partial charge in [0.2, 0.25) is 5.91 Å². The molecule has 28 heavy (non-hydrogen) atoms. The van der Waals surface area contributed by atoms with Crippen molar-refractivity contribution in [3.63, 3.8) is 0 Å². The summed E-state index contributed by atoms with van der Waals surface area (Å²) < 4.78 is 0. The van der Waals surface area contributed by atoms with Crippen LogP contribution in [0.4, 0.5) is 5.69 Å². The van der Waals surface area contributed by atoms with Gasteiger partial charge in [-0.1, -0.05) is 60.7 Å². The van der Waals surface area contributed by atoms with Crippen molar-refractivity contribution in [1.29, 1.82) is 10.5 Å². The van der Waals surface area contributed by atoms with Gasteiger partial charge in [-0.3, -0.25) is 4.79 Å². The summed E-state index contributed by atoms with van der Waals surface area (Å²) in [6.07, 6.45) is 3.44. The first-order valence-corrected chi connectivity index (χ1v) is 9.10. The van der Waals surface area contributed by atoms with Gasteiger partial charge in [0.05, 0.1) is 18.7 Å². The van der Waals surface area contributed by atoms with Gasteiger partial charge in [-0.15, -0.1) is 13.2 Å². The summed E-state index contributed by atoms with van der Waals surface area (Å²) in [4.78, 5) is 15.5. The van der Waals surface area contributed by atoms with E-state index in [0.29, 0.717) is 12.1 Å². The Labute approximate surface area is 165 Å². The number of rotatable bonds is 7. The smallest absolute Gasteiger partial charge is 0.241 e. The van der Waals surface area contributed by atoms with Gasteiger partial charge < -0.3 is 4.90 Å². The second-order valence-corrected chi connectivity index (χ2v) is 6.91. The Kier molecular flexibility index (Phi) is 5.16. The fourth-order valence-corrected chi connectivity index (χ4v) is 4.15. The fourth-order valence-electron chi connectivity index (χ4n) is 4.15. The van der Waals surface area contributed by atoms with E-state index in [1.54, 1.807) is 11.0 Å². The summed E-state index contributed by atoms with van der Waals surface area (Å²) in [5, 5.41) is 20.1. The summed E-state index contributed by atoms with van der Waals surface area (Å²) in [6.45, 7) is 7.90. The SMILES string of the molecule is C=CCC(C#N)(C#N)C1(CC=C)C(=O)N(Cc2ccccc2)c2ccccc21. The zero-order chi connectivity index (χ0) is 20.2. The van der Waals surface area contributed by atoms with Gasteiger partial charge in [-0.05, 0) is 30.0 Å². The topological polar surface area (TPSA) is 67.9 Å². The van der Waals surface area contributed by atoms with Crippen LogP contribution in [0.2, 0.25) is 0 Å². The number of anilines is 1. The molecule has 0 saturated heterocycles. The van der Waals surface area contributed by atoms with E-state index in [9.17, 15) is 15.3 Å².